The highest BCUT2D eigenvalue weighted by molar-refractivity contribution is 9.10. The summed E-state index contributed by atoms with van der Waals surface area (Å²) in [6.45, 7) is 2.11. The fourth-order valence-electron chi connectivity index (χ4n) is 2.42. The fourth-order valence-corrected chi connectivity index (χ4v) is 4.14. The Bertz CT molecular complexity index is 593. The summed E-state index contributed by atoms with van der Waals surface area (Å²) in [6, 6.07) is 8.87. The summed E-state index contributed by atoms with van der Waals surface area (Å²) in [5, 5.41) is 3.62. The Hall–Kier alpha value is -0.510. The maximum Gasteiger partial charge on any atom is 0.0934 e. The monoisotopic (exact) mass is 341 g/mol. The Morgan fingerprint density at radius 2 is 2.22 bits per heavy atom. The largest absolute Gasteiger partial charge is 0.377 e. The predicted octanol–water partition coefficient (Wildman–Crippen LogP) is 5.57. The van der Waals surface area contributed by atoms with Gasteiger partial charge in [0.2, 0.25) is 0 Å². The molecule has 1 nitrogen and oxygen atoms in total. The molecule has 4 heteroatoms. The number of halogens is 2. The molecule has 94 valence electrons. The molecule has 0 bridgehead atoms. The summed E-state index contributed by atoms with van der Waals surface area (Å²) in [5.74, 6) is 0. The van der Waals surface area contributed by atoms with Crippen molar-refractivity contribution >= 4 is 44.6 Å². The summed E-state index contributed by atoms with van der Waals surface area (Å²) < 4.78 is 2.01. The fraction of sp³-hybridized carbons (Fsp3) is 0.286. The van der Waals surface area contributed by atoms with Crippen molar-refractivity contribution in [1.82, 2.24) is 0 Å². The zero-order valence-corrected chi connectivity index (χ0v) is 13.1. The number of anilines is 1. The first-order chi connectivity index (χ1) is 8.63. The van der Waals surface area contributed by atoms with Crippen molar-refractivity contribution in [3.05, 3.63) is 49.1 Å². The Balaban J connectivity index is 1.88. The third-order valence-corrected chi connectivity index (χ3v) is 5.33. The van der Waals surface area contributed by atoms with Crippen LogP contribution < -0.4 is 5.32 Å². The van der Waals surface area contributed by atoms with Gasteiger partial charge in [-0.15, -0.1) is 11.3 Å². The van der Waals surface area contributed by atoms with Crippen LogP contribution in [0.4, 0.5) is 5.69 Å². The maximum atomic E-state index is 6.08. The van der Waals surface area contributed by atoms with Gasteiger partial charge >= 0.3 is 0 Å². The van der Waals surface area contributed by atoms with E-state index in [0.29, 0.717) is 6.04 Å². The molecule has 1 N–H and O–H groups in total. The molecule has 1 aliphatic carbocycles. The second-order valence-electron chi connectivity index (χ2n) is 4.65. The average Bonchev–Trinajstić information content (AvgIpc) is 2.84. The molecule has 0 saturated carbocycles. The Kier molecular flexibility index (Phi) is 3.39. The summed E-state index contributed by atoms with van der Waals surface area (Å²) in [6.07, 6.45) is 2.28. The minimum atomic E-state index is 0.391. The van der Waals surface area contributed by atoms with Gasteiger partial charge in [-0.1, -0.05) is 17.7 Å². The smallest absolute Gasteiger partial charge is 0.0934 e. The Morgan fingerprint density at radius 1 is 1.39 bits per heavy atom. The molecule has 0 radical (unpaired) electrons. The van der Waals surface area contributed by atoms with E-state index in [1.807, 2.05) is 0 Å². The predicted molar refractivity (Wildman–Crippen MR) is 82.9 cm³/mol. The number of rotatable bonds is 2. The molecular formula is C14H13BrClNS. The molecule has 1 unspecified atom stereocenters. The third-order valence-electron chi connectivity index (χ3n) is 3.30. The normalized spacial score (nSPS) is 17.8. The summed E-state index contributed by atoms with van der Waals surface area (Å²) in [7, 11) is 0. The van der Waals surface area contributed by atoms with E-state index in [4.69, 9.17) is 11.6 Å². The third kappa shape index (κ3) is 2.31. The summed E-state index contributed by atoms with van der Waals surface area (Å²) in [4.78, 5) is 1.43. The first-order valence-corrected chi connectivity index (χ1v) is 7.93. The van der Waals surface area contributed by atoms with Crippen molar-refractivity contribution in [2.45, 2.75) is 25.8 Å². The van der Waals surface area contributed by atoms with Gasteiger partial charge in [0.15, 0.2) is 0 Å². The molecule has 1 atom stereocenters. The van der Waals surface area contributed by atoms with Crippen molar-refractivity contribution in [2.75, 3.05) is 5.32 Å². The van der Waals surface area contributed by atoms with Crippen LogP contribution in [0.1, 0.15) is 28.5 Å². The number of hydrogen-bond donors (Lipinski definition) is 1. The van der Waals surface area contributed by atoms with E-state index in [0.717, 1.165) is 27.3 Å². The van der Waals surface area contributed by atoms with Gasteiger partial charge in [-0.2, -0.15) is 0 Å². The van der Waals surface area contributed by atoms with Gasteiger partial charge in [0, 0.05) is 15.0 Å². The van der Waals surface area contributed by atoms with Crippen LogP contribution >= 0.6 is 38.9 Å². The summed E-state index contributed by atoms with van der Waals surface area (Å²) >= 11 is 11.4. The number of nitrogens with one attached hydrogen (secondary N) is 1. The highest BCUT2D eigenvalue weighted by Gasteiger charge is 2.25. The standard InChI is InChI=1S/C14H13BrClNS/c1-8-2-3-10(15)12(6-8)17-11-4-5-13-9(11)7-14(16)18-13/h2-3,6-7,11,17H,4-5H2,1H3. The quantitative estimate of drug-likeness (QED) is 0.752. The van der Waals surface area contributed by atoms with E-state index in [2.05, 4.69) is 52.4 Å². The van der Waals surface area contributed by atoms with Crippen molar-refractivity contribution < 1.29 is 0 Å². The lowest BCUT2D eigenvalue weighted by atomic mass is 10.1. The van der Waals surface area contributed by atoms with Crippen molar-refractivity contribution in [3.63, 3.8) is 0 Å². The SMILES string of the molecule is Cc1ccc(Br)c(NC2CCc3sc(Cl)cc32)c1. The molecule has 0 spiro atoms. The molecular weight excluding hydrogens is 330 g/mol. The molecule has 18 heavy (non-hydrogen) atoms. The van der Waals surface area contributed by atoms with Crippen LogP contribution in [0, 0.1) is 6.92 Å². The van der Waals surface area contributed by atoms with Crippen LogP contribution in [-0.4, -0.2) is 0 Å². The highest BCUT2D eigenvalue weighted by Crippen LogP contribution is 2.41. The lowest BCUT2D eigenvalue weighted by molar-refractivity contribution is 0.761. The van der Waals surface area contributed by atoms with E-state index >= 15 is 0 Å². The minimum Gasteiger partial charge on any atom is -0.377 e. The Morgan fingerprint density at radius 3 is 3.06 bits per heavy atom. The number of aryl methyl sites for hydroxylation is 2. The van der Waals surface area contributed by atoms with E-state index in [1.165, 1.54) is 16.0 Å². The van der Waals surface area contributed by atoms with Gasteiger partial charge in [-0.3, -0.25) is 0 Å². The van der Waals surface area contributed by atoms with Crippen molar-refractivity contribution in [1.29, 1.82) is 0 Å². The average molecular weight is 343 g/mol. The molecule has 1 heterocycles. The van der Waals surface area contributed by atoms with E-state index < -0.39 is 0 Å². The van der Waals surface area contributed by atoms with Crippen LogP contribution in [-0.2, 0) is 6.42 Å². The second-order valence-corrected chi connectivity index (χ2v) is 7.27. The van der Waals surface area contributed by atoms with Gasteiger partial charge < -0.3 is 5.32 Å². The first-order valence-electron chi connectivity index (χ1n) is 5.94. The van der Waals surface area contributed by atoms with Gasteiger partial charge in [-0.25, -0.2) is 0 Å². The van der Waals surface area contributed by atoms with Crippen molar-refractivity contribution in [2.24, 2.45) is 0 Å². The topological polar surface area (TPSA) is 12.0 Å². The molecule has 1 aliphatic rings. The zero-order valence-electron chi connectivity index (χ0n) is 9.97. The number of benzene rings is 1. The zero-order chi connectivity index (χ0) is 12.7. The molecule has 0 amide bonds. The van der Waals surface area contributed by atoms with Gasteiger partial charge in [0.25, 0.3) is 0 Å². The van der Waals surface area contributed by atoms with E-state index in [9.17, 15) is 0 Å². The number of thiophene rings is 1. The van der Waals surface area contributed by atoms with E-state index in [-0.39, 0.29) is 0 Å². The maximum absolute atomic E-state index is 6.08. The minimum absolute atomic E-state index is 0.391. The van der Waals surface area contributed by atoms with Gasteiger partial charge in [0.1, 0.15) is 0 Å². The lowest BCUT2D eigenvalue weighted by Crippen LogP contribution is -2.07. The Labute approximate surface area is 124 Å². The number of hydrogen-bond acceptors (Lipinski definition) is 2. The number of fused-ring (bicyclic) bond motifs is 1. The van der Waals surface area contributed by atoms with Crippen molar-refractivity contribution in [3.8, 4) is 0 Å². The van der Waals surface area contributed by atoms with Gasteiger partial charge in [-0.05, 0) is 65.0 Å². The molecule has 0 saturated heterocycles. The summed E-state index contributed by atoms with van der Waals surface area (Å²) in [5.41, 5.74) is 3.80. The van der Waals surface area contributed by atoms with Crippen LogP contribution in [0.5, 0.6) is 0 Å². The van der Waals surface area contributed by atoms with Crippen LogP contribution in [0.3, 0.4) is 0 Å². The van der Waals surface area contributed by atoms with Crippen LogP contribution in [0.2, 0.25) is 4.34 Å². The molecule has 0 aliphatic heterocycles. The van der Waals surface area contributed by atoms with Crippen LogP contribution in [0.25, 0.3) is 0 Å². The molecule has 1 aromatic carbocycles. The van der Waals surface area contributed by atoms with E-state index in [1.54, 1.807) is 11.3 Å². The molecule has 1 aromatic heterocycles. The lowest BCUT2D eigenvalue weighted by Gasteiger charge is -2.16. The molecule has 2 aromatic rings. The second kappa shape index (κ2) is 4.87. The molecule has 0 fully saturated rings. The van der Waals surface area contributed by atoms with Gasteiger partial charge in [0.05, 0.1) is 10.4 Å². The highest BCUT2D eigenvalue weighted by atomic mass is 79.9. The van der Waals surface area contributed by atoms with Crippen LogP contribution in [0.15, 0.2) is 28.7 Å². The molecule has 3 rings (SSSR count). The first kappa shape index (κ1) is 12.5.